The maximum Gasteiger partial charge on any atom is 0.371 e. The highest BCUT2D eigenvalue weighted by atomic mass is 16.7. The Balaban J connectivity index is 1.64. The molecule has 2 N–H and O–H groups in total. The number of aromatic carboxylic acids is 1. The van der Waals surface area contributed by atoms with E-state index in [0.29, 0.717) is 18.8 Å². The molecule has 0 bridgehead atoms. The van der Waals surface area contributed by atoms with Gasteiger partial charge in [0.2, 0.25) is 12.6 Å². The number of rotatable bonds is 5. The lowest BCUT2D eigenvalue weighted by Crippen LogP contribution is -2.13. The van der Waals surface area contributed by atoms with Gasteiger partial charge in [0.1, 0.15) is 5.76 Å². The molecule has 0 atom stereocenters. The number of carboxylic acids is 1. The van der Waals surface area contributed by atoms with E-state index in [-0.39, 0.29) is 12.6 Å². The lowest BCUT2D eigenvalue weighted by molar-refractivity contribution is 0.0661. The van der Waals surface area contributed by atoms with Gasteiger partial charge in [-0.25, -0.2) is 4.79 Å². The van der Waals surface area contributed by atoms with Gasteiger partial charge in [-0.2, -0.15) is 0 Å². The Hall–Kier alpha value is -2.47. The molecular weight excluding hydrogens is 274 g/mol. The van der Waals surface area contributed by atoms with Gasteiger partial charge < -0.3 is 24.3 Å². The number of ether oxygens (including phenoxy) is 2. The molecule has 0 unspecified atom stereocenters. The fourth-order valence-electron chi connectivity index (χ4n) is 2.26. The van der Waals surface area contributed by atoms with Gasteiger partial charge >= 0.3 is 5.97 Å². The van der Waals surface area contributed by atoms with Crippen LogP contribution in [0.2, 0.25) is 0 Å². The first-order valence-electron chi connectivity index (χ1n) is 6.56. The molecule has 1 aromatic carbocycles. The number of carboxylic acid groups (broad SMARTS) is 1. The molecule has 0 amide bonds. The standard InChI is InChI=1S/C15H15NO5/c1-9-11(5-13(21-9)15(17)18)7-16-6-10-3-2-4-12-14(10)20-8-19-12/h2-5,16H,6-8H2,1H3,(H,17,18). The minimum absolute atomic E-state index is 0.0402. The van der Waals surface area contributed by atoms with Crippen molar-refractivity contribution in [2.24, 2.45) is 0 Å². The Morgan fingerprint density at radius 3 is 2.86 bits per heavy atom. The topological polar surface area (TPSA) is 80.9 Å². The third kappa shape index (κ3) is 2.71. The van der Waals surface area contributed by atoms with Gasteiger partial charge in [0.25, 0.3) is 0 Å². The Bertz CT molecular complexity index is 677. The van der Waals surface area contributed by atoms with Gasteiger partial charge in [0, 0.05) is 24.2 Å². The number of fused-ring (bicyclic) bond motifs is 1. The van der Waals surface area contributed by atoms with Gasteiger partial charge in [0.15, 0.2) is 11.5 Å². The first-order chi connectivity index (χ1) is 10.1. The lowest BCUT2D eigenvalue weighted by Gasteiger charge is -2.07. The maximum atomic E-state index is 10.8. The molecule has 0 saturated heterocycles. The summed E-state index contributed by atoms with van der Waals surface area (Å²) in [5.74, 6) is 1.03. The van der Waals surface area contributed by atoms with Crippen molar-refractivity contribution in [1.82, 2.24) is 5.32 Å². The Kier molecular flexibility index (Phi) is 3.53. The first kappa shape index (κ1) is 13.5. The van der Waals surface area contributed by atoms with Gasteiger partial charge in [0.05, 0.1) is 0 Å². The van der Waals surface area contributed by atoms with E-state index >= 15 is 0 Å². The summed E-state index contributed by atoms with van der Waals surface area (Å²) < 4.78 is 15.9. The van der Waals surface area contributed by atoms with E-state index in [4.69, 9.17) is 19.0 Å². The maximum absolute atomic E-state index is 10.8. The van der Waals surface area contributed by atoms with Gasteiger partial charge in [-0.3, -0.25) is 0 Å². The summed E-state index contributed by atoms with van der Waals surface area (Å²) in [5, 5.41) is 12.1. The van der Waals surface area contributed by atoms with E-state index in [9.17, 15) is 4.79 Å². The lowest BCUT2D eigenvalue weighted by atomic mass is 10.1. The first-order valence-corrected chi connectivity index (χ1v) is 6.56. The SMILES string of the molecule is Cc1oc(C(=O)O)cc1CNCc1cccc2c1OCO2. The summed E-state index contributed by atoms with van der Waals surface area (Å²) in [4.78, 5) is 10.8. The van der Waals surface area contributed by atoms with Crippen LogP contribution in [-0.2, 0) is 13.1 Å². The van der Waals surface area contributed by atoms with Crippen LogP contribution in [0.1, 0.15) is 27.4 Å². The molecule has 6 heteroatoms. The highest BCUT2D eigenvalue weighted by Crippen LogP contribution is 2.35. The average molecular weight is 289 g/mol. The highest BCUT2D eigenvalue weighted by Gasteiger charge is 2.17. The highest BCUT2D eigenvalue weighted by molar-refractivity contribution is 5.84. The van der Waals surface area contributed by atoms with Crippen LogP contribution in [0.3, 0.4) is 0 Å². The molecule has 21 heavy (non-hydrogen) atoms. The Labute approximate surface area is 121 Å². The zero-order chi connectivity index (χ0) is 14.8. The van der Waals surface area contributed by atoms with Gasteiger partial charge in [-0.1, -0.05) is 12.1 Å². The molecule has 3 rings (SSSR count). The normalized spacial score (nSPS) is 12.6. The number of furan rings is 1. The van der Waals surface area contributed by atoms with Crippen LogP contribution >= 0.6 is 0 Å². The quantitative estimate of drug-likeness (QED) is 0.879. The van der Waals surface area contributed by atoms with E-state index in [1.807, 2.05) is 18.2 Å². The number of aryl methyl sites for hydroxylation is 1. The second kappa shape index (κ2) is 5.49. The predicted molar refractivity (Wildman–Crippen MR) is 73.5 cm³/mol. The number of benzene rings is 1. The molecule has 0 fully saturated rings. The molecule has 1 aliphatic heterocycles. The zero-order valence-corrected chi connectivity index (χ0v) is 11.5. The van der Waals surface area contributed by atoms with Crippen LogP contribution in [0.4, 0.5) is 0 Å². The van der Waals surface area contributed by atoms with E-state index in [1.54, 1.807) is 13.0 Å². The van der Waals surface area contributed by atoms with Crippen LogP contribution in [0.15, 0.2) is 28.7 Å². The number of nitrogens with one attached hydrogen (secondary N) is 1. The van der Waals surface area contributed by atoms with Crippen molar-refractivity contribution in [2.45, 2.75) is 20.0 Å². The van der Waals surface area contributed by atoms with Crippen LogP contribution in [0.25, 0.3) is 0 Å². The summed E-state index contributed by atoms with van der Waals surface area (Å²) in [5.41, 5.74) is 1.83. The van der Waals surface area contributed by atoms with Crippen LogP contribution in [0, 0.1) is 6.92 Å². The summed E-state index contributed by atoms with van der Waals surface area (Å²) >= 11 is 0. The van der Waals surface area contributed by atoms with Gasteiger partial charge in [-0.15, -0.1) is 0 Å². The smallest absolute Gasteiger partial charge is 0.371 e. The predicted octanol–water partition coefficient (Wildman–Crippen LogP) is 2.30. The zero-order valence-electron chi connectivity index (χ0n) is 11.5. The number of carbonyl (C=O) groups is 1. The molecule has 110 valence electrons. The van der Waals surface area contributed by atoms with Crippen molar-refractivity contribution in [3.05, 3.63) is 46.9 Å². The molecule has 0 saturated carbocycles. The molecule has 6 nitrogen and oxygen atoms in total. The number of para-hydroxylation sites is 1. The van der Waals surface area contributed by atoms with Crippen molar-refractivity contribution >= 4 is 5.97 Å². The fourth-order valence-corrected chi connectivity index (χ4v) is 2.26. The second-order valence-corrected chi connectivity index (χ2v) is 4.75. The van der Waals surface area contributed by atoms with Crippen LogP contribution in [-0.4, -0.2) is 17.9 Å². The molecule has 0 radical (unpaired) electrons. The minimum Gasteiger partial charge on any atom is -0.475 e. The summed E-state index contributed by atoms with van der Waals surface area (Å²) in [6, 6.07) is 7.28. The third-order valence-electron chi connectivity index (χ3n) is 3.34. The van der Waals surface area contributed by atoms with Crippen molar-refractivity contribution in [3.8, 4) is 11.5 Å². The Morgan fingerprint density at radius 1 is 1.29 bits per heavy atom. The van der Waals surface area contributed by atoms with E-state index in [0.717, 1.165) is 22.6 Å². The van der Waals surface area contributed by atoms with Crippen molar-refractivity contribution in [1.29, 1.82) is 0 Å². The third-order valence-corrected chi connectivity index (χ3v) is 3.34. The molecule has 0 spiro atoms. The molecule has 0 aliphatic carbocycles. The average Bonchev–Trinajstić information content (AvgIpc) is 3.06. The van der Waals surface area contributed by atoms with Crippen LogP contribution in [0.5, 0.6) is 11.5 Å². The van der Waals surface area contributed by atoms with Crippen molar-refractivity contribution < 1.29 is 23.8 Å². The van der Waals surface area contributed by atoms with Crippen LogP contribution < -0.4 is 14.8 Å². The van der Waals surface area contributed by atoms with E-state index < -0.39 is 5.97 Å². The molecule has 1 aliphatic rings. The minimum atomic E-state index is -1.06. The summed E-state index contributed by atoms with van der Waals surface area (Å²) in [7, 11) is 0. The van der Waals surface area contributed by atoms with E-state index in [1.165, 1.54) is 0 Å². The monoisotopic (exact) mass is 289 g/mol. The van der Waals surface area contributed by atoms with E-state index in [2.05, 4.69) is 5.32 Å². The molecule has 2 aromatic rings. The molecule has 1 aromatic heterocycles. The molecular formula is C15H15NO5. The van der Waals surface area contributed by atoms with Crippen molar-refractivity contribution in [3.63, 3.8) is 0 Å². The summed E-state index contributed by atoms with van der Waals surface area (Å²) in [6.45, 7) is 3.11. The van der Waals surface area contributed by atoms with Gasteiger partial charge in [-0.05, 0) is 19.1 Å². The molecule has 2 heterocycles. The Morgan fingerprint density at radius 2 is 2.10 bits per heavy atom. The number of hydrogen-bond acceptors (Lipinski definition) is 5. The van der Waals surface area contributed by atoms with Crippen molar-refractivity contribution in [2.75, 3.05) is 6.79 Å². The largest absolute Gasteiger partial charge is 0.475 e. The second-order valence-electron chi connectivity index (χ2n) is 4.75. The summed E-state index contributed by atoms with van der Waals surface area (Å²) in [6.07, 6.45) is 0. The number of hydrogen-bond donors (Lipinski definition) is 2. The fraction of sp³-hybridized carbons (Fsp3) is 0.267.